The maximum absolute atomic E-state index is 11.2. The predicted molar refractivity (Wildman–Crippen MR) is 49.6 cm³/mol. The van der Waals surface area contributed by atoms with Gasteiger partial charge in [-0.3, -0.25) is 4.79 Å². The van der Waals surface area contributed by atoms with Crippen LogP contribution in [0.2, 0.25) is 0 Å². The fraction of sp³-hybridized carbons (Fsp3) is 0.889. The second kappa shape index (κ2) is 5.50. The molecule has 1 N–H and O–H groups in total. The number of methoxy groups -OCH3 is 1. The summed E-state index contributed by atoms with van der Waals surface area (Å²) in [6.07, 6.45) is 3.73. The van der Waals surface area contributed by atoms with Crippen molar-refractivity contribution in [3.63, 3.8) is 0 Å². The highest BCUT2D eigenvalue weighted by atomic mass is 16.5. The molecule has 5 nitrogen and oxygen atoms in total. The molecule has 0 amide bonds. The number of ether oxygens (including phenoxy) is 1. The van der Waals surface area contributed by atoms with E-state index in [0.29, 0.717) is 12.5 Å². The molecule has 0 atom stereocenters. The lowest BCUT2D eigenvalue weighted by molar-refractivity contribution is -0.146. The first-order valence-electron chi connectivity index (χ1n) is 4.89. The van der Waals surface area contributed by atoms with Crippen LogP contribution in [0.5, 0.6) is 0 Å². The van der Waals surface area contributed by atoms with Crippen LogP contribution in [0.3, 0.4) is 0 Å². The van der Waals surface area contributed by atoms with Crippen molar-refractivity contribution in [1.82, 2.24) is 4.91 Å². The van der Waals surface area contributed by atoms with Crippen molar-refractivity contribution in [1.29, 1.82) is 5.53 Å². The molecule has 0 aromatic heterocycles. The number of hydrogen-bond donors (Lipinski definition) is 1. The summed E-state index contributed by atoms with van der Waals surface area (Å²) < 4.78 is 4.70. The van der Waals surface area contributed by atoms with E-state index in [1.807, 2.05) is 0 Å². The summed E-state index contributed by atoms with van der Waals surface area (Å²) in [5.74, 6) is 0.472. The van der Waals surface area contributed by atoms with Crippen LogP contribution < -0.4 is 4.91 Å². The van der Waals surface area contributed by atoms with Crippen molar-refractivity contribution < 1.29 is 9.53 Å². The third-order valence-electron chi connectivity index (χ3n) is 2.79. The molecule has 0 aromatic rings. The van der Waals surface area contributed by atoms with Gasteiger partial charge >= 0.3 is 5.97 Å². The molecule has 0 heterocycles. The van der Waals surface area contributed by atoms with Gasteiger partial charge < -0.3 is 4.74 Å². The highest BCUT2D eigenvalue weighted by Gasteiger charge is 2.27. The number of carbonyl (C=O) groups is 1. The van der Waals surface area contributed by atoms with Gasteiger partial charge in [-0.05, 0) is 31.6 Å². The van der Waals surface area contributed by atoms with Crippen LogP contribution in [0.4, 0.5) is 0 Å². The number of carbonyl (C=O) groups excluding carboxylic acids is 1. The van der Waals surface area contributed by atoms with Crippen LogP contribution in [0.25, 0.3) is 0 Å². The summed E-state index contributed by atoms with van der Waals surface area (Å²) in [4.78, 5) is 14.2. The van der Waals surface area contributed by atoms with Gasteiger partial charge in [-0.2, -0.15) is 0 Å². The van der Waals surface area contributed by atoms with Gasteiger partial charge in [0.25, 0.3) is 0 Å². The van der Waals surface area contributed by atoms with Gasteiger partial charge in [0.1, 0.15) is 17.2 Å². The van der Waals surface area contributed by atoms with Crippen LogP contribution in [-0.4, -0.2) is 19.6 Å². The van der Waals surface area contributed by atoms with Gasteiger partial charge in [-0.1, -0.05) is 0 Å². The fourth-order valence-corrected chi connectivity index (χ4v) is 1.90. The Balaban J connectivity index is 2.30. The summed E-state index contributed by atoms with van der Waals surface area (Å²) in [7, 11) is 1.43. The first-order chi connectivity index (χ1) is 6.77. The summed E-state index contributed by atoms with van der Waals surface area (Å²) in [5, 5.41) is 3.66. The Bertz CT molecular complexity index is 240. The lowest BCUT2D eigenvalue weighted by atomic mass is 9.82. The lowest BCUT2D eigenvalue weighted by Gasteiger charge is -2.24. The zero-order chi connectivity index (χ0) is 10.4. The first kappa shape index (κ1) is 10.9. The zero-order valence-corrected chi connectivity index (χ0v) is 8.40. The minimum atomic E-state index is -0.0921. The molecule has 1 aliphatic carbocycles. The third kappa shape index (κ3) is 2.92. The number of nitrogens with one attached hydrogen (secondary N) is 1. The smallest absolute Gasteiger partial charge is 0.308 e. The molecule has 0 aromatic carbocycles. The lowest BCUT2D eigenvalue weighted by Crippen LogP contribution is -2.23. The number of nitrogens with zero attached hydrogens (tertiary/aromatic N) is 2. The standard InChI is InChI=1S/C9H16N3O2/c1-14-9(13)8-4-2-7(3-5-8)6-11-12-10/h7-8,10H,2-6H2,1H3/q+1. The molecule has 5 heteroatoms. The molecule has 0 saturated heterocycles. The predicted octanol–water partition coefficient (Wildman–Crippen LogP) is 1.52. The zero-order valence-electron chi connectivity index (χ0n) is 8.40. The molecule has 0 unspecified atom stereocenters. The van der Waals surface area contributed by atoms with Gasteiger partial charge in [0.15, 0.2) is 0 Å². The monoisotopic (exact) mass is 198 g/mol. The van der Waals surface area contributed by atoms with E-state index in [1.165, 1.54) is 7.11 Å². The van der Waals surface area contributed by atoms with Gasteiger partial charge in [-0.15, -0.1) is 0 Å². The second-order valence-corrected chi connectivity index (χ2v) is 3.66. The normalized spacial score (nSPS) is 26.4. The van der Waals surface area contributed by atoms with E-state index in [1.54, 1.807) is 0 Å². The quantitative estimate of drug-likeness (QED) is 0.424. The molecule has 1 saturated carbocycles. The topological polar surface area (TPSA) is 76.6 Å². The van der Waals surface area contributed by atoms with Crippen molar-refractivity contribution in [3.8, 4) is 0 Å². The summed E-state index contributed by atoms with van der Waals surface area (Å²) in [6, 6.07) is 0. The van der Waals surface area contributed by atoms with E-state index in [2.05, 4.69) is 10.0 Å². The Morgan fingerprint density at radius 1 is 1.50 bits per heavy atom. The van der Waals surface area contributed by atoms with Crippen molar-refractivity contribution in [2.24, 2.45) is 17.0 Å². The summed E-state index contributed by atoms with van der Waals surface area (Å²) in [6.45, 7) is 0.622. The molecular weight excluding hydrogens is 182 g/mol. The molecule has 0 spiro atoms. The molecule has 1 rings (SSSR count). The van der Waals surface area contributed by atoms with E-state index in [9.17, 15) is 4.79 Å². The largest absolute Gasteiger partial charge is 0.469 e. The summed E-state index contributed by atoms with van der Waals surface area (Å²) in [5.41, 5.74) is 6.54. The van der Waals surface area contributed by atoms with Gasteiger partial charge in [0.05, 0.1) is 13.0 Å². The van der Waals surface area contributed by atoms with Crippen LogP contribution >= 0.6 is 0 Å². The maximum atomic E-state index is 11.2. The van der Waals surface area contributed by atoms with Crippen molar-refractivity contribution in [2.45, 2.75) is 25.7 Å². The SMILES string of the molecule is COC(=O)C1CCC(CN=[N+]=N)CC1. The Morgan fingerprint density at radius 3 is 2.64 bits per heavy atom. The minimum Gasteiger partial charge on any atom is -0.469 e. The number of hydrogen-bond acceptors (Lipinski definition) is 4. The average Bonchev–Trinajstić information content (AvgIpc) is 2.26. The van der Waals surface area contributed by atoms with E-state index in [4.69, 9.17) is 10.3 Å². The molecule has 1 fully saturated rings. The van der Waals surface area contributed by atoms with Crippen LogP contribution in [0.15, 0.2) is 5.11 Å². The summed E-state index contributed by atoms with van der Waals surface area (Å²) >= 11 is 0. The van der Waals surface area contributed by atoms with Gasteiger partial charge in [-0.25, -0.2) is 0 Å². The first-order valence-corrected chi connectivity index (χ1v) is 4.89. The van der Waals surface area contributed by atoms with Crippen LogP contribution in [-0.2, 0) is 9.53 Å². The van der Waals surface area contributed by atoms with E-state index < -0.39 is 0 Å². The van der Waals surface area contributed by atoms with E-state index in [-0.39, 0.29) is 11.9 Å². The molecule has 0 aliphatic heterocycles. The third-order valence-corrected chi connectivity index (χ3v) is 2.79. The Morgan fingerprint density at radius 2 is 2.14 bits per heavy atom. The van der Waals surface area contributed by atoms with E-state index >= 15 is 0 Å². The number of esters is 1. The van der Waals surface area contributed by atoms with Crippen LogP contribution in [0, 0.1) is 17.4 Å². The van der Waals surface area contributed by atoms with Crippen molar-refractivity contribution in [3.05, 3.63) is 0 Å². The van der Waals surface area contributed by atoms with Crippen molar-refractivity contribution >= 4 is 5.97 Å². The minimum absolute atomic E-state index is 0.0733. The Labute approximate surface area is 83.1 Å². The average molecular weight is 198 g/mol. The Hall–Kier alpha value is -1.22. The Kier molecular flexibility index (Phi) is 4.26. The highest BCUT2D eigenvalue weighted by molar-refractivity contribution is 5.72. The molecular formula is C9H16N3O2+. The second-order valence-electron chi connectivity index (χ2n) is 3.66. The fourth-order valence-electron chi connectivity index (χ4n) is 1.90. The van der Waals surface area contributed by atoms with Crippen molar-refractivity contribution in [2.75, 3.05) is 13.7 Å². The van der Waals surface area contributed by atoms with Crippen LogP contribution in [0.1, 0.15) is 25.7 Å². The number of rotatable bonds is 3. The molecule has 78 valence electrons. The maximum Gasteiger partial charge on any atom is 0.308 e. The molecule has 1 aliphatic rings. The molecule has 0 bridgehead atoms. The molecule has 14 heavy (non-hydrogen) atoms. The molecule has 0 radical (unpaired) electrons. The van der Waals surface area contributed by atoms with Gasteiger partial charge in [0, 0.05) is 0 Å². The van der Waals surface area contributed by atoms with Gasteiger partial charge in [0.2, 0.25) is 4.91 Å². The highest BCUT2D eigenvalue weighted by Crippen LogP contribution is 2.29. The van der Waals surface area contributed by atoms with E-state index in [0.717, 1.165) is 25.7 Å².